The van der Waals surface area contributed by atoms with Gasteiger partial charge in [-0.25, -0.2) is 9.79 Å². The Labute approximate surface area is 250 Å². The number of thiazole rings is 1. The van der Waals surface area contributed by atoms with Gasteiger partial charge in [-0.3, -0.25) is 9.36 Å². The number of hydrogen-bond acceptors (Lipinski definition) is 9. The molecule has 1 atom stereocenters. The Balaban J connectivity index is 1.98. The Morgan fingerprint density at radius 1 is 1.17 bits per heavy atom. The van der Waals surface area contributed by atoms with E-state index in [1.807, 2.05) is 45.0 Å². The van der Waals surface area contributed by atoms with Gasteiger partial charge in [0.2, 0.25) is 0 Å². The zero-order valence-electron chi connectivity index (χ0n) is 23.9. The lowest BCUT2D eigenvalue weighted by atomic mass is 9.94. The Kier molecular flexibility index (Phi) is 10.1. The van der Waals surface area contributed by atoms with Gasteiger partial charge >= 0.3 is 5.97 Å². The van der Waals surface area contributed by atoms with Crippen molar-refractivity contribution in [2.75, 3.05) is 34.0 Å². The van der Waals surface area contributed by atoms with Gasteiger partial charge in [-0.1, -0.05) is 39.4 Å². The number of halogens is 1. The summed E-state index contributed by atoms with van der Waals surface area (Å²) in [4.78, 5) is 32.8. The summed E-state index contributed by atoms with van der Waals surface area (Å²) >= 11 is 4.75. The molecule has 3 aromatic rings. The number of ether oxygens (including phenoxy) is 5. The monoisotopic (exact) mass is 644 g/mol. The zero-order valence-corrected chi connectivity index (χ0v) is 26.3. The first-order valence-electron chi connectivity index (χ1n) is 13.1. The van der Waals surface area contributed by atoms with Gasteiger partial charge in [-0.15, -0.1) is 0 Å². The smallest absolute Gasteiger partial charge is 0.338 e. The fourth-order valence-corrected chi connectivity index (χ4v) is 5.93. The van der Waals surface area contributed by atoms with Crippen LogP contribution >= 0.6 is 27.3 Å². The molecule has 218 valence electrons. The van der Waals surface area contributed by atoms with Crippen LogP contribution in [0.2, 0.25) is 0 Å². The van der Waals surface area contributed by atoms with E-state index in [2.05, 4.69) is 20.9 Å². The third-order valence-electron chi connectivity index (χ3n) is 6.20. The van der Waals surface area contributed by atoms with Crippen molar-refractivity contribution in [3.63, 3.8) is 0 Å². The van der Waals surface area contributed by atoms with E-state index in [9.17, 15) is 9.59 Å². The molecule has 0 aliphatic carbocycles. The molecule has 0 unspecified atom stereocenters. The first kappa shape index (κ1) is 30.5. The second-order valence-electron chi connectivity index (χ2n) is 9.37. The van der Waals surface area contributed by atoms with Crippen LogP contribution < -0.4 is 29.1 Å². The minimum Gasteiger partial charge on any atom is -0.493 e. The highest BCUT2D eigenvalue weighted by atomic mass is 79.9. The number of benzene rings is 2. The summed E-state index contributed by atoms with van der Waals surface area (Å²) in [6, 6.07) is 10.2. The molecule has 2 heterocycles. The molecular weight excluding hydrogens is 612 g/mol. The van der Waals surface area contributed by atoms with Crippen molar-refractivity contribution in [2.45, 2.75) is 39.8 Å². The summed E-state index contributed by atoms with van der Waals surface area (Å²) in [6.07, 6.45) is 1.73. The van der Waals surface area contributed by atoms with E-state index >= 15 is 0 Å². The van der Waals surface area contributed by atoms with Crippen molar-refractivity contribution >= 4 is 39.3 Å². The molecule has 1 aliphatic heterocycles. The average Bonchev–Trinajstić information content (AvgIpc) is 3.23. The van der Waals surface area contributed by atoms with E-state index < -0.39 is 12.0 Å². The van der Waals surface area contributed by atoms with Gasteiger partial charge in [0.25, 0.3) is 5.56 Å². The molecule has 1 aromatic heterocycles. The molecule has 41 heavy (non-hydrogen) atoms. The van der Waals surface area contributed by atoms with E-state index in [1.54, 1.807) is 32.2 Å². The van der Waals surface area contributed by atoms with Crippen LogP contribution in [0.25, 0.3) is 6.08 Å². The predicted molar refractivity (Wildman–Crippen MR) is 161 cm³/mol. The third-order valence-corrected chi connectivity index (χ3v) is 7.67. The molecule has 0 bridgehead atoms. The lowest BCUT2D eigenvalue weighted by molar-refractivity contribution is -0.140. The number of carbonyl (C=O) groups is 1. The highest BCUT2D eigenvalue weighted by Gasteiger charge is 2.36. The van der Waals surface area contributed by atoms with Crippen LogP contribution in [-0.2, 0) is 14.3 Å². The van der Waals surface area contributed by atoms with Crippen LogP contribution in [0.15, 0.2) is 61.9 Å². The summed E-state index contributed by atoms with van der Waals surface area (Å²) in [6.45, 7) is 8.13. The van der Waals surface area contributed by atoms with E-state index in [-0.39, 0.29) is 30.5 Å². The van der Waals surface area contributed by atoms with Gasteiger partial charge in [0, 0.05) is 22.7 Å². The molecule has 0 saturated heterocycles. The van der Waals surface area contributed by atoms with Gasteiger partial charge in [-0.05, 0) is 58.0 Å². The molecule has 0 radical (unpaired) electrons. The van der Waals surface area contributed by atoms with Crippen LogP contribution in [-0.4, -0.2) is 50.7 Å². The molecular formula is C30H33BrN2O7S. The molecule has 0 saturated carbocycles. The molecule has 4 rings (SSSR count). The van der Waals surface area contributed by atoms with Crippen LogP contribution in [0.3, 0.4) is 0 Å². The number of methoxy groups -OCH3 is 2. The van der Waals surface area contributed by atoms with Crippen molar-refractivity contribution < 1.29 is 28.5 Å². The van der Waals surface area contributed by atoms with Gasteiger partial charge in [0.15, 0.2) is 16.3 Å². The molecule has 2 aromatic carbocycles. The third kappa shape index (κ3) is 6.58. The molecule has 0 amide bonds. The fourth-order valence-electron chi connectivity index (χ4n) is 4.51. The van der Waals surface area contributed by atoms with Gasteiger partial charge in [0.1, 0.15) is 18.4 Å². The number of fused-ring (bicyclic) bond motifs is 1. The summed E-state index contributed by atoms with van der Waals surface area (Å²) in [5.74, 6) is 0.981. The number of aromatic nitrogens is 1. The lowest BCUT2D eigenvalue weighted by Crippen LogP contribution is -2.40. The number of para-hydroxylation sites is 1. The molecule has 11 heteroatoms. The van der Waals surface area contributed by atoms with Crippen molar-refractivity contribution in [3.05, 3.63) is 83.0 Å². The second kappa shape index (κ2) is 13.5. The highest BCUT2D eigenvalue weighted by Crippen LogP contribution is 2.40. The molecule has 0 N–H and O–H groups in total. The number of rotatable bonds is 11. The summed E-state index contributed by atoms with van der Waals surface area (Å²) < 4.78 is 31.0. The summed E-state index contributed by atoms with van der Waals surface area (Å²) in [5.41, 5.74) is 1.69. The van der Waals surface area contributed by atoms with Crippen molar-refractivity contribution in [3.8, 4) is 17.2 Å². The van der Waals surface area contributed by atoms with E-state index in [4.69, 9.17) is 23.7 Å². The van der Waals surface area contributed by atoms with Gasteiger partial charge in [0.05, 0.1) is 42.2 Å². The quantitative estimate of drug-likeness (QED) is 0.226. The maximum absolute atomic E-state index is 14.1. The Morgan fingerprint density at radius 2 is 1.95 bits per heavy atom. The molecule has 0 fully saturated rings. The van der Waals surface area contributed by atoms with E-state index in [0.717, 1.165) is 10.0 Å². The largest absolute Gasteiger partial charge is 0.493 e. The SMILES string of the molecule is CCOc1c(OC)cccc1[C@H]1C(C(=O)OCCOC)=C(C)N=c2s/c(=C/c3cc(Br)ccc3OC(C)C)c(=O)n21. The Bertz CT molecular complexity index is 1640. The van der Waals surface area contributed by atoms with Gasteiger partial charge < -0.3 is 23.7 Å². The molecule has 1 aliphatic rings. The number of esters is 1. The minimum absolute atomic E-state index is 0.0519. The van der Waals surface area contributed by atoms with Crippen molar-refractivity contribution in [1.29, 1.82) is 0 Å². The number of nitrogens with zero attached hydrogens (tertiary/aromatic N) is 2. The number of hydrogen-bond donors (Lipinski definition) is 0. The fraction of sp³-hybridized carbons (Fsp3) is 0.367. The highest BCUT2D eigenvalue weighted by molar-refractivity contribution is 9.10. The van der Waals surface area contributed by atoms with Gasteiger partial charge in [-0.2, -0.15) is 0 Å². The predicted octanol–water partition coefficient (Wildman–Crippen LogP) is 4.38. The molecule has 9 nitrogen and oxygen atoms in total. The summed E-state index contributed by atoms with van der Waals surface area (Å²) in [5, 5.41) is 0. The summed E-state index contributed by atoms with van der Waals surface area (Å²) in [7, 11) is 3.07. The van der Waals surface area contributed by atoms with Crippen LogP contribution in [0.5, 0.6) is 17.2 Å². The van der Waals surface area contributed by atoms with Crippen molar-refractivity contribution in [1.82, 2.24) is 4.57 Å². The Hall–Kier alpha value is -3.41. The first-order chi connectivity index (χ1) is 19.7. The average molecular weight is 646 g/mol. The van der Waals surface area contributed by atoms with Crippen LogP contribution in [0.4, 0.5) is 0 Å². The van der Waals surface area contributed by atoms with E-state index in [0.29, 0.717) is 44.4 Å². The number of allylic oxidation sites excluding steroid dienone is 1. The Morgan fingerprint density at radius 3 is 2.63 bits per heavy atom. The maximum Gasteiger partial charge on any atom is 0.338 e. The normalized spacial score (nSPS) is 15.0. The van der Waals surface area contributed by atoms with Crippen LogP contribution in [0, 0.1) is 0 Å². The maximum atomic E-state index is 14.1. The lowest BCUT2D eigenvalue weighted by Gasteiger charge is -2.27. The molecule has 0 spiro atoms. The first-order valence-corrected chi connectivity index (χ1v) is 14.8. The standard InChI is InChI=1S/C30H33BrN2O7S/c1-7-38-27-21(9-8-10-23(27)37-6)26-25(29(35)39-14-13-36-5)18(4)32-30-33(26)28(34)24(41-30)16-19-15-20(31)11-12-22(19)40-17(2)3/h8-12,15-17,26H,7,13-14H2,1-6H3/b24-16+/t26-/m0/s1. The minimum atomic E-state index is -0.867. The van der Waals surface area contributed by atoms with Crippen molar-refractivity contribution in [2.24, 2.45) is 4.99 Å². The topological polar surface area (TPSA) is 97.6 Å². The van der Waals surface area contributed by atoms with E-state index in [1.165, 1.54) is 23.0 Å². The zero-order chi connectivity index (χ0) is 29.7. The second-order valence-corrected chi connectivity index (χ2v) is 11.3. The van der Waals surface area contributed by atoms with Crippen LogP contribution in [0.1, 0.15) is 44.9 Å². The number of carbonyl (C=O) groups excluding carboxylic acids is 1.